The Morgan fingerprint density at radius 1 is 0.424 bits per heavy atom. The van der Waals surface area contributed by atoms with Crippen molar-refractivity contribution >= 4 is 61.7 Å². The smallest absolute Gasteiger partial charge is 0.269 e. The molecular formula is C86H86N4OSi. The van der Waals surface area contributed by atoms with Crippen LogP contribution in [-0.2, 0) is 27.1 Å². The van der Waals surface area contributed by atoms with Crippen LogP contribution in [0.1, 0.15) is 152 Å². The topological polar surface area (TPSA) is 35.9 Å². The van der Waals surface area contributed by atoms with Gasteiger partial charge in [-0.15, -0.1) is 0 Å². The highest BCUT2D eigenvalue weighted by Gasteiger charge is 2.45. The largest absolute Gasteiger partial charge is 0.458 e. The van der Waals surface area contributed by atoms with Crippen molar-refractivity contribution in [1.29, 1.82) is 0 Å². The van der Waals surface area contributed by atoms with Crippen molar-refractivity contribution in [3.8, 4) is 50.9 Å². The Balaban J connectivity index is 1.23. The molecular weight excluding hydrogens is 1130 g/mol. The zero-order valence-corrected chi connectivity index (χ0v) is 56.2. The van der Waals surface area contributed by atoms with Gasteiger partial charge in [-0.1, -0.05) is 285 Å². The van der Waals surface area contributed by atoms with E-state index in [0.29, 0.717) is 44.9 Å². The van der Waals surface area contributed by atoms with Crippen LogP contribution in [-0.4, -0.2) is 22.2 Å². The fourth-order valence-electron chi connectivity index (χ4n) is 12.5. The highest BCUT2D eigenvalue weighted by Crippen LogP contribution is 2.41. The molecule has 13 aromatic rings. The molecule has 0 unspecified atom stereocenters. The van der Waals surface area contributed by atoms with E-state index in [1.54, 1.807) is 10.6 Å². The van der Waals surface area contributed by atoms with Gasteiger partial charge in [0.2, 0.25) is 0 Å². The second kappa shape index (κ2) is 23.1. The Kier molecular flexibility index (Phi) is 11.5. The van der Waals surface area contributed by atoms with E-state index in [-0.39, 0.29) is 21.7 Å². The van der Waals surface area contributed by atoms with E-state index < -0.39 is 131 Å². The number of aromatic nitrogens is 4. The third-order valence-corrected chi connectivity index (χ3v) is 21.9. The molecule has 3 aromatic heterocycles. The number of benzene rings is 10. The minimum absolute atomic E-state index is 0.0404. The van der Waals surface area contributed by atoms with Gasteiger partial charge in [-0.05, 0) is 152 Å². The predicted octanol–water partition coefficient (Wildman–Crippen LogP) is 19.2. The van der Waals surface area contributed by atoms with Crippen molar-refractivity contribution in [3.05, 3.63) is 283 Å². The number of hydrogen-bond acceptors (Lipinski definition) is 2. The van der Waals surface area contributed by atoms with Gasteiger partial charge in [0.1, 0.15) is 17.3 Å². The average Bonchev–Trinajstić information content (AvgIpc) is 1.04. The van der Waals surface area contributed by atoms with Gasteiger partial charge in [0, 0.05) is 23.0 Å². The molecule has 0 N–H and O–H groups in total. The summed E-state index contributed by atoms with van der Waals surface area (Å²) in [6.45, 7) is 31.5. The van der Waals surface area contributed by atoms with Crippen LogP contribution in [0.15, 0.2) is 248 Å². The quantitative estimate of drug-likeness (QED) is 0.0560. The lowest BCUT2D eigenvalue weighted by Crippen LogP contribution is -2.76. The van der Waals surface area contributed by atoms with Gasteiger partial charge in [-0.2, -0.15) is 0 Å². The molecule has 10 aromatic carbocycles. The summed E-state index contributed by atoms with van der Waals surface area (Å²) in [5.41, 5.74) is 8.63. The van der Waals surface area contributed by atoms with Gasteiger partial charge < -0.3 is 4.74 Å². The molecule has 460 valence electrons. The molecule has 0 saturated carbocycles. The molecule has 0 spiro atoms. The van der Waals surface area contributed by atoms with Gasteiger partial charge in [-0.3, -0.25) is 13.7 Å². The van der Waals surface area contributed by atoms with Crippen molar-refractivity contribution in [2.75, 3.05) is 0 Å². The summed E-state index contributed by atoms with van der Waals surface area (Å²) in [5, 5.41) is 0.166. The highest BCUT2D eigenvalue weighted by molar-refractivity contribution is 7.20. The number of nitrogens with zero attached hydrogens (tertiary/aromatic N) is 4. The lowest BCUT2D eigenvalue weighted by Gasteiger charge is -2.38. The first-order valence-electron chi connectivity index (χ1n) is 38.9. The minimum Gasteiger partial charge on any atom is -0.458 e. The number of para-hydroxylation sites is 1. The summed E-state index contributed by atoms with van der Waals surface area (Å²) in [4.78, 5) is 4.92. The van der Waals surface area contributed by atoms with E-state index in [1.165, 1.54) is 0 Å². The Bertz CT molecular complexity index is 5560. The highest BCUT2D eigenvalue weighted by atomic mass is 28.3. The standard InChI is InChI=1S/C86H86N4OSi/c1-82(2,3)61-41-38-58(39-42-61)59-40-45-76-78(50-59)88(66-28-27-29-67(55-66)91-68-43-44-73-72-36-25-26-37-75(72)90(77(73)56-68)80-54-62(46-47-87-80)83(4,5)6)57-89(76)81-74(60-48-63(84(7,8)9)51-64(49-60)85(10,11)12)52-65(86(13,14)15)53-79(81)92(69-30-19-16-20-31-69,70-32-21-17-22-33-70)71-34-23-18-24-35-71/h16-56H,1-15H3/i16D,17D,18D,19D,20D,21D,22D,23D,24D,30D,31D,32D,33D,34D,35D. The zero-order valence-electron chi connectivity index (χ0n) is 70.2. The molecule has 5 nitrogen and oxygen atoms in total. The maximum atomic E-state index is 10.3. The predicted molar refractivity (Wildman–Crippen MR) is 390 cm³/mol. The Morgan fingerprint density at radius 3 is 1.55 bits per heavy atom. The minimum atomic E-state index is -5.96. The molecule has 0 aliphatic carbocycles. The van der Waals surface area contributed by atoms with E-state index >= 15 is 0 Å². The lowest BCUT2D eigenvalue weighted by atomic mass is 9.78. The zero-order chi connectivity index (χ0) is 77.8. The van der Waals surface area contributed by atoms with Crippen LogP contribution in [0.4, 0.5) is 0 Å². The Morgan fingerprint density at radius 2 is 0.967 bits per heavy atom. The third-order valence-electron chi connectivity index (χ3n) is 17.7. The number of rotatable bonds is 11. The van der Waals surface area contributed by atoms with Crippen LogP contribution in [0.25, 0.3) is 72.3 Å². The van der Waals surface area contributed by atoms with Crippen molar-refractivity contribution in [3.63, 3.8) is 0 Å². The van der Waals surface area contributed by atoms with Gasteiger partial charge in [-0.25, -0.2) is 4.98 Å². The second-order valence-electron chi connectivity index (χ2n) is 29.3. The molecule has 0 saturated heterocycles. The maximum Gasteiger partial charge on any atom is 0.269 e. The van der Waals surface area contributed by atoms with E-state index in [9.17, 15) is 16.4 Å². The number of fused-ring (bicyclic) bond motifs is 4. The first-order valence-corrected chi connectivity index (χ1v) is 33.4. The van der Waals surface area contributed by atoms with Crippen LogP contribution >= 0.6 is 0 Å². The van der Waals surface area contributed by atoms with E-state index in [4.69, 9.17) is 13.8 Å². The Hall–Kier alpha value is -9.36. The van der Waals surface area contributed by atoms with Crippen molar-refractivity contribution in [2.45, 2.75) is 131 Å². The molecule has 0 atom stereocenters. The third kappa shape index (κ3) is 11.4. The summed E-state index contributed by atoms with van der Waals surface area (Å²) in [5.74, 6) is 1.71. The Labute approximate surface area is 567 Å². The van der Waals surface area contributed by atoms with Crippen molar-refractivity contribution < 1.29 is 29.9 Å². The van der Waals surface area contributed by atoms with Crippen LogP contribution in [0.5, 0.6) is 11.5 Å². The second-order valence-corrected chi connectivity index (χ2v) is 32.8. The molecule has 92 heavy (non-hydrogen) atoms. The average molecular weight is 1230 g/mol. The number of pyridine rings is 1. The van der Waals surface area contributed by atoms with Crippen LogP contribution in [0.2, 0.25) is 0 Å². The van der Waals surface area contributed by atoms with E-state index in [2.05, 4.69) is 161 Å². The summed E-state index contributed by atoms with van der Waals surface area (Å²) < 4.78 is 160. The summed E-state index contributed by atoms with van der Waals surface area (Å²) >= 11 is 0. The molecule has 6 heteroatoms. The normalized spacial score (nSPS) is 15.0. The number of hydrogen-bond donors (Lipinski definition) is 0. The van der Waals surface area contributed by atoms with Gasteiger partial charge in [0.05, 0.1) is 54.0 Å². The van der Waals surface area contributed by atoms with Crippen LogP contribution in [0, 0.1) is 6.33 Å². The monoisotopic (exact) mass is 1230 g/mol. The lowest BCUT2D eigenvalue weighted by molar-refractivity contribution is -0.570. The molecule has 0 aliphatic heterocycles. The van der Waals surface area contributed by atoms with Gasteiger partial charge in [0.25, 0.3) is 6.33 Å². The SMILES string of the molecule is [2H]c1c([2H])c([2H])c([Si](c2cc(C(C)(C)C)cc(-c3cc(C(C)(C)C)cc(C(C)(C)C)c3)c2-[n+]2[c-]n(-c3cccc(Oc4ccc5c6ccccc6n(-c6cc(C(C)(C)C)ccn6)c5c4)c3)c3cc(-c4ccc(C(C)(C)C)cc4)ccc32)(c2c([2H])c([2H])c([2H])c([2H])c2[2H])c2c([2H])c([2H])c([2H])c([2H])c2[2H])c([2H])c1[2H]. The van der Waals surface area contributed by atoms with E-state index in [0.717, 1.165) is 61.0 Å². The number of ether oxygens (including phenoxy) is 1. The molecule has 0 aliphatic rings. The van der Waals surface area contributed by atoms with Crippen molar-refractivity contribution in [2.24, 2.45) is 0 Å². The fraction of sp³-hybridized carbons (Fsp3) is 0.233. The number of imidazole rings is 1. The summed E-state index contributed by atoms with van der Waals surface area (Å²) in [7, 11) is -5.96. The molecule has 3 heterocycles. The fourth-order valence-corrected chi connectivity index (χ4v) is 16.5. The molecule has 0 amide bonds. The first-order chi connectivity index (χ1) is 50.0. The molecule has 0 fully saturated rings. The van der Waals surface area contributed by atoms with Gasteiger partial charge >= 0.3 is 0 Å². The first kappa shape index (κ1) is 45.8. The molecule has 0 radical (unpaired) electrons. The molecule has 13 rings (SSSR count). The maximum absolute atomic E-state index is 10.3. The summed E-state index contributed by atoms with van der Waals surface area (Å²) in [6.07, 6.45) is 5.65. The van der Waals surface area contributed by atoms with Crippen molar-refractivity contribution in [1.82, 2.24) is 14.1 Å². The summed E-state index contributed by atoms with van der Waals surface area (Å²) in [6, 6.07) is 37.3. The van der Waals surface area contributed by atoms with Crippen LogP contribution < -0.4 is 30.1 Å². The van der Waals surface area contributed by atoms with E-state index in [1.807, 2.05) is 110 Å². The molecule has 0 bridgehead atoms. The van der Waals surface area contributed by atoms with Crippen LogP contribution in [0.3, 0.4) is 0 Å². The van der Waals surface area contributed by atoms with Gasteiger partial charge in [0.15, 0.2) is 8.07 Å².